The van der Waals surface area contributed by atoms with Crippen LogP contribution in [0.25, 0.3) is 11.0 Å². The van der Waals surface area contributed by atoms with E-state index < -0.39 is 0 Å². The molecule has 0 saturated heterocycles. The Morgan fingerprint density at radius 1 is 1.10 bits per heavy atom. The molecular weight excluding hydrogens is 246 g/mol. The molecule has 3 rings (SSSR count). The molecule has 3 heteroatoms. The smallest absolute Gasteiger partial charge is 0.111 e. The van der Waals surface area contributed by atoms with E-state index in [4.69, 9.17) is 10.7 Å². The van der Waals surface area contributed by atoms with Gasteiger partial charge in [0.15, 0.2) is 0 Å². The van der Waals surface area contributed by atoms with Crippen molar-refractivity contribution < 1.29 is 0 Å². The number of aromatic nitrogens is 2. The molecule has 0 saturated carbocycles. The summed E-state index contributed by atoms with van der Waals surface area (Å²) < 4.78 is 2.13. The highest BCUT2D eigenvalue weighted by Crippen LogP contribution is 2.21. The lowest BCUT2D eigenvalue weighted by Crippen LogP contribution is -2.16. The summed E-state index contributed by atoms with van der Waals surface area (Å²) in [6, 6.07) is 16.4. The SMILES string of the molecule is Cc1ccccc1C(N)Cc1nc2ccccc2n1C. The van der Waals surface area contributed by atoms with E-state index >= 15 is 0 Å². The van der Waals surface area contributed by atoms with Crippen LogP contribution < -0.4 is 5.73 Å². The van der Waals surface area contributed by atoms with Crippen LogP contribution in [0, 0.1) is 6.92 Å². The Morgan fingerprint density at radius 2 is 1.80 bits per heavy atom. The maximum Gasteiger partial charge on any atom is 0.111 e. The molecule has 2 N–H and O–H groups in total. The fraction of sp³-hybridized carbons (Fsp3) is 0.235. The van der Waals surface area contributed by atoms with E-state index in [0.29, 0.717) is 0 Å². The lowest BCUT2D eigenvalue weighted by molar-refractivity contribution is 0.662. The van der Waals surface area contributed by atoms with Crippen molar-refractivity contribution >= 4 is 11.0 Å². The topological polar surface area (TPSA) is 43.8 Å². The molecule has 0 amide bonds. The van der Waals surface area contributed by atoms with Gasteiger partial charge in [-0.05, 0) is 30.2 Å². The van der Waals surface area contributed by atoms with Crippen molar-refractivity contribution in [2.75, 3.05) is 0 Å². The van der Waals surface area contributed by atoms with E-state index in [1.54, 1.807) is 0 Å². The maximum atomic E-state index is 6.37. The van der Waals surface area contributed by atoms with E-state index in [0.717, 1.165) is 23.3 Å². The third-order valence-corrected chi connectivity index (χ3v) is 3.87. The van der Waals surface area contributed by atoms with Gasteiger partial charge in [0.2, 0.25) is 0 Å². The van der Waals surface area contributed by atoms with E-state index in [9.17, 15) is 0 Å². The molecule has 1 unspecified atom stereocenters. The molecular formula is C17H19N3. The Balaban J connectivity index is 1.93. The minimum atomic E-state index is -0.0216. The van der Waals surface area contributed by atoms with Crippen molar-refractivity contribution in [1.29, 1.82) is 0 Å². The quantitative estimate of drug-likeness (QED) is 0.790. The van der Waals surface area contributed by atoms with Crippen molar-refractivity contribution in [3.63, 3.8) is 0 Å². The van der Waals surface area contributed by atoms with Crippen LogP contribution in [0.5, 0.6) is 0 Å². The normalized spacial score (nSPS) is 12.8. The zero-order valence-corrected chi connectivity index (χ0v) is 11.9. The first-order valence-corrected chi connectivity index (χ1v) is 6.88. The van der Waals surface area contributed by atoms with Gasteiger partial charge in [0.05, 0.1) is 11.0 Å². The summed E-state index contributed by atoms with van der Waals surface area (Å²) >= 11 is 0. The summed E-state index contributed by atoms with van der Waals surface area (Å²) in [6.07, 6.45) is 0.746. The van der Waals surface area contributed by atoms with Gasteiger partial charge in [0, 0.05) is 19.5 Å². The fourth-order valence-corrected chi connectivity index (χ4v) is 2.69. The number of hydrogen-bond donors (Lipinski definition) is 1. The molecule has 0 spiro atoms. The molecule has 3 nitrogen and oxygen atoms in total. The molecule has 0 bridgehead atoms. The standard InChI is InChI=1S/C17H19N3/c1-12-7-3-4-8-13(12)14(18)11-17-19-15-9-5-6-10-16(15)20(17)2/h3-10,14H,11,18H2,1-2H3. The zero-order chi connectivity index (χ0) is 14.1. The van der Waals surface area contributed by atoms with Crippen molar-refractivity contribution in [3.8, 4) is 0 Å². The van der Waals surface area contributed by atoms with Crippen LogP contribution in [-0.2, 0) is 13.5 Å². The van der Waals surface area contributed by atoms with Gasteiger partial charge in [-0.25, -0.2) is 4.98 Å². The second-order valence-corrected chi connectivity index (χ2v) is 5.24. The number of hydrogen-bond acceptors (Lipinski definition) is 2. The molecule has 102 valence electrons. The van der Waals surface area contributed by atoms with Crippen molar-refractivity contribution in [1.82, 2.24) is 9.55 Å². The van der Waals surface area contributed by atoms with Gasteiger partial charge in [-0.3, -0.25) is 0 Å². The second kappa shape index (κ2) is 5.10. The molecule has 3 aromatic rings. The Bertz CT molecular complexity index is 743. The largest absolute Gasteiger partial charge is 0.331 e. The van der Waals surface area contributed by atoms with Gasteiger partial charge in [0.1, 0.15) is 5.82 Å². The molecule has 0 aliphatic rings. The number of nitrogens with two attached hydrogens (primary N) is 1. The molecule has 1 heterocycles. The van der Waals surface area contributed by atoms with E-state index in [1.807, 2.05) is 30.3 Å². The van der Waals surface area contributed by atoms with Gasteiger partial charge >= 0.3 is 0 Å². The first-order chi connectivity index (χ1) is 9.66. The van der Waals surface area contributed by atoms with Crippen LogP contribution in [0.2, 0.25) is 0 Å². The number of aryl methyl sites for hydroxylation is 2. The Hall–Kier alpha value is -2.13. The molecule has 1 atom stereocenters. The molecule has 0 aliphatic carbocycles. The van der Waals surface area contributed by atoms with Crippen LogP contribution in [0.4, 0.5) is 0 Å². The van der Waals surface area contributed by atoms with Crippen molar-refractivity contribution in [2.45, 2.75) is 19.4 Å². The summed E-state index contributed by atoms with van der Waals surface area (Å²) in [5.41, 5.74) is 11.0. The fourth-order valence-electron chi connectivity index (χ4n) is 2.69. The minimum absolute atomic E-state index is 0.0216. The molecule has 0 aliphatic heterocycles. The molecule has 20 heavy (non-hydrogen) atoms. The van der Waals surface area contributed by atoms with Gasteiger partial charge in [-0.2, -0.15) is 0 Å². The highest BCUT2D eigenvalue weighted by Gasteiger charge is 2.14. The summed E-state index contributed by atoms with van der Waals surface area (Å²) in [6.45, 7) is 2.10. The molecule has 0 fully saturated rings. The summed E-state index contributed by atoms with van der Waals surface area (Å²) in [5, 5.41) is 0. The van der Waals surface area contributed by atoms with Crippen LogP contribution in [0.15, 0.2) is 48.5 Å². The number of benzene rings is 2. The predicted molar refractivity (Wildman–Crippen MR) is 82.5 cm³/mol. The monoisotopic (exact) mass is 265 g/mol. The lowest BCUT2D eigenvalue weighted by Gasteiger charge is -2.14. The number of para-hydroxylation sites is 2. The number of nitrogens with zero attached hydrogens (tertiary/aromatic N) is 2. The van der Waals surface area contributed by atoms with Crippen molar-refractivity contribution in [3.05, 3.63) is 65.5 Å². The van der Waals surface area contributed by atoms with Crippen LogP contribution in [0.1, 0.15) is 23.0 Å². The highest BCUT2D eigenvalue weighted by molar-refractivity contribution is 5.75. The van der Waals surface area contributed by atoms with Gasteiger partial charge in [-0.1, -0.05) is 36.4 Å². The number of rotatable bonds is 3. The first kappa shape index (κ1) is 12.9. The van der Waals surface area contributed by atoms with Gasteiger partial charge in [-0.15, -0.1) is 0 Å². The van der Waals surface area contributed by atoms with Crippen molar-refractivity contribution in [2.24, 2.45) is 12.8 Å². The Kier molecular flexibility index (Phi) is 3.28. The average molecular weight is 265 g/mol. The van der Waals surface area contributed by atoms with E-state index in [-0.39, 0.29) is 6.04 Å². The van der Waals surface area contributed by atoms with Crippen LogP contribution >= 0.6 is 0 Å². The second-order valence-electron chi connectivity index (χ2n) is 5.24. The maximum absolute atomic E-state index is 6.37. The minimum Gasteiger partial charge on any atom is -0.331 e. The third-order valence-electron chi connectivity index (χ3n) is 3.87. The zero-order valence-electron chi connectivity index (χ0n) is 11.9. The van der Waals surface area contributed by atoms with E-state index in [1.165, 1.54) is 11.1 Å². The molecule has 1 aromatic heterocycles. The third kappa shape index (κ3) is 2.21. The van der Waals surface area contributed by atoms with Crippen LogP contribution in [0.3, 0.4) is 0 Å². The number of imidazole rings is 1. The van der Waals surface area contributed by atoms with Gasteiger partial charge in [0.25, 0.3) is 0 Å². The summed E-state index contributed by atoms with van der Waals surface area (Å²) in [5.74, 6) is 1.03. The lowest BCUT2D eigenvalue weighted by atomic mass is 9.99. The van der Waals surface area contributed by atoms with E-state index in [2.05, 4.69) is 36.7 Å². The highest BCUT2D eigenvalue weighted by atomic mass is 15.1. The number of fused-ring (bicyclic) bond motifs is 1. The molecule has 2 aromatic carbocycles. The van der Waals surface area contributed by atoms with Gasteiger partial charge < -0.3 is 10.3 Å². The predicted octanol–water partition coefficient (Wildman–Crippen LogP) is 3.12. The Morgan fingerprint density at radius 3 is 2.55 bits per heavy atom. The molecule has 0 radical (unpaired) electrons. The first-order valence-electron chi connectivity index (χ1n) is 6.88. The summed E-state index contributed by atoms with van der Waals surface area (Å²) in [7, 11) is 2.05. The summed E-state index contributed by atoms with van der Waals surface area (Å²) in [4.78, 5) is 4.69. The van der Waals surface area contributed by atoms with Crippen LogP contribution in [-0.4, -0.2) is 9.55 Å². The Labute approximate surface area is 119 Å². The average Bonchev–Trinajstić information content (AvgIpc) is 2.76.